The summed E-state index contributed by atoms with van der Waals surface area (Å²) >= 11 is 0. The number of nitrogens with zero attached hydrogens (tertiary/aromatic N) is 1. The van der Waals surface area contributed by atoms with E-state index in [0.29, 0.717) is 11.8 Å². The van der Waals surface area contributed by atoms with E-state index in [1.807, 2.05) is 6.07 Å². The molecule has 1 saturated heterocycles. The SMILES string of the molecule is C1CCOC1.CC(C)c1cccc(C(C)C)c1[N]=[V]([Cl])([Cl])[Cl]. The standard InChI is InChI=1S/C12H17N.C4H8O.3ClH.V/c1-8(2)10-6-5-7-11(9(3)4)12(10)13;1-2-4-5-3-1;;;;/h5-9H,1-4H3;1-4H2;3*1H;/q;;;;;+3/p-3. The fourth-order valence-electron chi connectivity index (χ4n) is 2.25. The molecule has 22 heavy (non-hydrogen) atoms. The summed E-state index contributed by atoms with van der Waals surface area (Å²) in [6.07, 6.45) is 2.56. The third-order valence-electron chi connectivity index (χ3n) is 3.38. The number of hydrogen-bond donors (Lipinski definition) is 0. The van der Waals surface area contributed by atoms with Crippen molar-refractivity contribution in [2.45, 2.75) is 52.4 Å². The molecule has 1 aliphatic rings. The molecule has 2 nitrogen and oxygen atoms in total. The van der Waals surface area contributed by atoms with Crippen molar-refractivity contribution in [3.63, 3.8) is 0 Å². The Hall–Kier alpha value is 0.434. The molecule has 126 valence electrons. The van der Waals surface area contributed by atoms with Crippen LogP contribution in [0.1, 0.15) is 63.5 Å². The Labute approximate surface area is 149 Å². The first kappa shape index (κ1) is 20.5. The van der Waals surface area contributed by atoms with Crippen LogP contribution in [0.5, 0.6) is 0 Å². The van der Waals surface area contributed by atoms with Gasteiger partial charge in [0.2, 0.25) is 0 Å². The van der Waals surface area contributed by atoms with Crippen molar-refractivity contribution in [2.75, 3.05) is 13.2 Å². The van der Waals surface area contributed by atoms with Gasteiger partial charge in [-0.1, -0.05) is 0 Å². The predicted octanol–water partition coefficient (Wildman–Crippen LogP) is 7.16. The van der Waals surface area contributed by atoms with Crippen LogP contribution < -0.4 is 0 Å². The second kappa shape index (κ2) is 9.66. The number of ether oxygens (including phenoxy) is 1. The maximum absolute atomic E-state index is 5.96. The summed E-state index contributed by atoms with van der Waals surface area (Å²) < 4.78 is 9.35. The average molecular weight is 405 g/mol. The summed E-state index contributed by atoms with van der Waals surface area (Å²) in [6, 6.07) is 6.17. The molecule has 1 fully saturated rings. The first-order chi connectivity index (χ1) is 10.2. The van der Waals surface area contributed by atoms with Crippen LogP contribution in [0.3, 0.4) is 0 Å². The summed E-state index contributed by atoms with van der Waals surface area (Å²) in [5.74, 6) is 0.749. The number of halogens is 3. The molecule has 6 heteroatoms. The Kier molecular flexibility index (Phi) is 8.99. The monoisotopic (exact) mass is 403 g/mol. The van der Waals surface area contributed by atoms with Crippen molar-refractivity contribution in [3.8, 4) is 0 Å². The Morgan fingerprint density at radius 1 is 0.955 bits per heavy atom. The molecule has 0 radical (unpaired) electrons. The minimum atomic E-state index is -3.35. The third-order valence-corrected chi connectivity index (χ3v) is 4.98. The summed E-state index contributed by atoms with van der Waals surface area (Å²) in [4.78, 5) is 0. The van der Waals surface area contributed by atoms with Crippen molar-refractivity contribution >= 4 is 35.2 Å². The van der Waals surface area contributed by atoms with E-state index in [9.17, 15) is 0 Å². The van der Waals surface area contributed by atoms with Gasteiger partial charge in [-0.15, -0.1) is 0 Å². The van der Waals surface area contributed by atoms with Crippen LogP contribution in [0.4, 0.5) is 5.69 Å². The fourth-order valence-corrected chi connectivity index (χ4v) is 3.90. The van der Waals surface area contributed by atoms with Crippen LogP contribution in [0.2, 0.25) is 0 Å². The van der Waals surface area contributed by atoms with E-state index < -0.39 is 11.0 Å². The molecule has 0 saturated carbocycles. The number of rotatable bonds is 3. The number of hydrogen-bond acceptors (Lipinski definition) is 2. The Balaban J connectivity index is 0.000000406. The predicted molar refractivity (Wildman–Crippen MR) is 94.3 cm³/mol. The van der Waals surface area contributed by atoms with Crippen LogP contribution in [0, 0.1) is 0 Å². The van der Waals surface area contributed by atoms with Crippen LogP contribution >= 0.6 is 29.5 Å². The third kappa shape index (κ3) is 7.34. The minimum absolute atomic E-state index is 0.375. The topological polar surface area (TPSA) is 21.6 Å². The quantitative estimate of drug-likeness (QED) is 0.523. The zero-order valence-electron chi connectivity index (χ0n) is 13.7. The van der Waals surface area contributed by atoms with Gasteiger partial charge in [0.1, 0.15) is 0 Å². The molecule has 1 aliphatic heterocycles. The molecule has 0 bridgehead atoms. The number of benzene rings is 1. The van der Waals surface area contributed by atoms with Crippen LogP contribution in [0.15, 0.2) is 22.0 Å². The molecule has 0 aromatic heterocycles. The zero-order valence-corrected chi connectivity index (χ0v) is 17.3. The van der Waals surface area contributed by atoms with Gasteiger partial charge in [-0.05, 0) is 12.8 Å². The molecule has 0 aliphatic carbocycles. The van der Waals surface area contributed by atoms with E-state index >= 15 is 0 Å². The van der Waals surface area contributed by atoms with Crippen molar-refractivity contribution in [2.24, 2.45) is 3.79 Å². The second-order valence-corrected chi connectivity index (χ2v) is 15.7. The fraction of sp³-hybridized carbons (Fsp3) is 0.625. The Morgan fingerprint density at radius 3 is 1.68 bits per heavy atom. The Bertz CT molecular complexity index is 480. The molecule has 0 N–H and O–H groups in total. The van der Waals surface area contributed by atoms with Gasteiger partial charge in [-0.2, -0.15) is 0 Å². The summed E-state index contributed by atoms with van der Waals surface area (Å²) in [6.45, 7) is 10.5. The molecule has 0 atom stereocenters. The molecule has 2 rings (SSSR count). The molecule has 0 unspecified atom stereocenters. The van der Waals surface area contributed by atoms with Crippen LogP contribution in [0.25, 0.3) is 0 Å². The second-order valence-electron chi connectivity index (χ2n) is 5.93. The van der Waals surface area contributed by atoms with E-state index in [1.54, 1.807) is 0 Å². The molecule has 0 spiro atoms. The van der Waals surface area contributed by atoms with Gasteiger partial charge in [0, 0.05) is 13.2 Å². The van der Waals surface area contributed by atoms with Gasteiger partial charge in [0.05, 0.1) is 0 Å². The normalized spacial score (nSPS) is 15.0. The van der Waals surface area contributed by atoms with Gasteiger partial charge in [-0.3, -0.25) is 0 Å². The van der Waals surface area contributed by atoms with Gasteiger partial charge in [0.15, 0.2) is 0 Å². The van der Waals surface area contributed by atoms with E-state index in [-0.39, 0.29) is 0 Å². The zero-order chi connectivity index (χ0) is 16.8. The Morgan fingerprint density at radius 2 is 1.41 bits per heavy atom. The van der Waals surface area contributed by atoms with Crippen molar-refractivity contribution in [3.05, 3.63) is 29.3 Å². The first-order valence-electron chi connectivity index (χ1n) is 7.64. The van der Waals surface area contributed by atoms with Gasteiger partial charge < -0.3 is 4.74 Å². The van der Waals surface area contributed by atoms with E-state index in [4.69, 9.17) is 34.3 Å². The van der Waals surface area contributed by atoms with E-state index in [1.165, 1.54) is 12.8 Å². The average Bonchev–Trinajstić information content (AvgIpc) is 2.95. The van der Waals surface area contributed by atoms with Crippen LogP contribution in [-0.2, 0) is 15.7 Å². The van der Waals surface area contributed by atoms with Gasteiger partial charge in [0.25, 0.3) is 0 Å². The van der Waals surface area contributed by atoms with Gasteiger partial charge in [-0.25, -0.2) is 0 Å². The molecule has 1 aromatic rings. The molecule has 0 amide bonds. The van der Waals surface area contributed by atoms with Crippen molar-refractivity contribution in [1.29, 1.82) is 0 Å². The first-order valence-corrected chi connectivity index (χ1v) is 14.0. The van der Waals surface area contributed by atoms with Crippen molar-refractivity contribution < 1.29 is 15.7 Å². The van der Waals surface area contributed by atoms with E-state index in [0.717, 1.165) is 30.0 Å². The summed E-state index contributed by atoms with van der Waals surface area (Å²) in [7, 11) is 14.5. The molecular formula is C16H25Cl3NOV. The molecule has 1 aromatic carbocycles. The summed E-state index contributed by atoms with van der Waals surface area (Å²) in [5.41, 5.74) is 3.21. The maximum atomic E-state index is 5.96. The molecular weight excluding hydrogens is 379 g/mol. The molecule has 1 heterocycles. The van der Waals surface area contributed by atoms with Crippen molar-refractivity contribution in [1.82, 2.24) is 0 Å². The van der Waals surface area contributed by atoms with Gasteiger partial charge >= 0.3 is 119 Å². The van der Waals surface area contributed by atoms with E-state index in [2.05, 4.69) is 43.6 Å². The summed E-state index contributed by atoms with van der Waals surface area (Å²) in [5, 5.41) is 0. The van der Waals surface area contributed by atoms with Crippen LogP contribution in [-0.4, -0.2) is 13.2 Å².